The van der Waals surface area contributed by atoms with Gasteiger partial charge in [0.2, 0.25) is 0 Å². The maximum Gasteiger partial charge on any atom is 0.253 e. The second-order valence-corrected chi connectivity index (χ2v) is 6.76. The van der Waals surface area contributed by atoms with Gasteiger partial charge in [0.25, 0.3) is 5.91 Å². The number of fused-ring (bicyclic) bond motifs is 1. The monoisotopic (exact) mass is 341 g/mol. The molecule has 0 saturated carbocycles. The lowest BCUT2D eigenvalue weighted by Crippen LogP contribution is -2.48. The molecule has 0 atom stereocenters. The Bertz CT molecular complexity index is 836. The number of amides is 1. The molecule has 0 bridgehead atoms. The predicted molar refractivity (Wildman–Crippen MR) is 94.1 cm³/mol. The van der Waals surface area contributed by atoms with Crippen LogP contribution in [0.4, 0.5) is 9.52 Å². The maximum atomic E-state index is 13.0. The van der Waals surface area contributed by atoms with Crippen LogP contribution < -0.4 is 4.90 Å². The Morgan fingerprint density at radius 1 is 1.00 bits per heavy atom. The van der Waals surface area contributed by atoms with Crippen LogP contribution in [0.3, 0.4) is 0 Å². The van der Waals surface area contributed by atoms with Crippen LogP contribution in [0.25, 0.3) is 10.2 Å². The summed E-state index contributed by atoms with van der Waals surface area (Å²) < 4.78 is 14.2. The van der Waals surface area contributed by atoms with Gasteiger partial charge in [-0.25, -0.2) is 9.37 Å². The van der Waals surface area contributed by atoms with E-state index in [1.807, 2.05) is 23.1 Å². The predicted octanol–water partition coefficient (Wildman–Crippen LogP) is 3.40. The molecule has 3 aromatic rings. The fourth-order valence-corrected chi connectivity index (χ4v) is 3.89. The Kier molecular flexibility index (Phi) is 3.90. The summed E-state index contributed by atoms with van der Waals surface area (Å²) in [4.78, 5) is 21.2. The molecule has 0 radical (unpaired) electrons. The number of carbonyl (C=O) groups is 1. The Balaban J connectivity index is 1.44. The van der Waals surface area contributed by atoms with Gasteiger partial charge in [0.1, 0.15) is 5.82 Å². The van der Waals surface area contributed by atoms with Gasteiger partial charge in [0, 0.05) is 31.7 Å². The summed E-state index contributed by atoms with van der Waals surface area (Å²) in [5, 5.41) is 1.00. The van der Waals surface area contributed by atoms with E-state index in [0.717, 1.165) is 23.7 Å². The third kappa shape index (κ3) is 2.85. The van der Waals surface area contributed by atoms with Crippen molar-refractivity contribution in [3.8, 4) is 0 Å². The summed E-state index contributed by atoms with van der Waals surface area (Å²) in [5.41, 5.74) is 1.55. The summed E-state index contributed by atoms with van der Waals surface area (Å²) >= 11 is 1.68. The summed E-state index contributed by atoms with van der Waals surface area (Å²) in [6, 6.07) is 13.8. The summed E-state index contributed by atoms with van der Waals surface area (Å²) in [5.74, 6) is -0.369. The van der Waals surface area contributed by atoms with Crippen LogP contribution in [-0.4, -0.2) is 42.0 Å². The van der Waals surface area contributed by atoms with Crippen LogP contribution in [0, 0.1) is 5.82 Å². The van der Waals surface area contributed by atoms with Gasteiger partial charge in [-0.3, -0.25) is 4.79 Å². The molecule has 6 heteroatoms. The third-order valence-electron chi connectivity index (χ3n) is 4.21. The number of halogens is 1. The minimum absolute atomic E-state index is 0.0426. The Hall–Kier alpha value is -2.47. The highest BCUT2D eigenvalue weighted by Crippen LogP contribution is 2.29. The van der Waals surface area contributed by atoms with E-state index in [9.17, 15) is 9.18 Å². The number of rotatable bonds is 2. The van der Waals surface area contributed by atoms with E-state index in [4.69, 9.17) is 0 Å². The SMILES string of the molecule is O=C(c1ccc(F)cc1)N1CCN(c2nc3ccccc3s2)CC1. The number of hydrogen-bond donors (Lipinski definition) is 0. The van der Waals surface area contributed by atoms with Crippen molar-refractivity contribution in [3.63, 3.8) is 0 Å². The van der Waals surface area contributed by atoms with Gasteiger partial charge >= 0.3 is 0 Å². The van der Waals surface area contributed by atoms with E-state index >= 15 is 0 Å². The van der Waals surface area contributed by atoms with Crippen LogP contribution in [0.15, 0.2) is 48.5 Å². The average Bonchev–Trinajstić information content (AvgIpc) is 3.06. The largest absolute Gasteiger partial charge is 0.345 e. The maximum absolute atomic E-state index is 13.0. The molecule has 4 nitrogen and oxygen atoms in total. The van der Waals surface area contributed by atoms with E-state index in [1.54, 1.807) is 11.3 Å². The molecule has 24 heavy (non-hydrogen) atoms. The Labute approximate surface area is 143 Å². The van der Waals surface area contributed by atoms with Gasteiger partial charge in [-0.2, -0.15) is 0 Å². The Morgan fingerprint density at radius 3 is 2.42 bits per heavy atom. The van der Waals surface area contributed by atoms with Gasteiger partial charge in [0.15, 0.2) is 5.13 Å². The van der Waals surface area contributed by atoms with E-state index in [0.29, 0.717) is 18.7 Å². The fraction of sp³-hybridized carbons (Fsp3) is 0.222. The number of hydrogen-bond acceptors (Lipinski definition) is 4. The third-order valence-corrected chi connectivity index (χ3v) is 5.31. The second kappa shape index (κ2) is 6.20. The first kappa shape index (κ1) is 15.1. The number of nitrogens with zero attached hydrogens (tertiary/aromatic N) is 3. The number of anilines is 1. The molecular formula is C18H16FN3OS. The van der Waals surface area contributed by atoms with Gasteiger partial charge in [0.05, 0.1) is 10.2 Å². The van der Waals surface area contributed by atoms with Crippen LogP contribution in [0.5, 0.6) is 0 Å². The van der Waals surface area contributed by atoms with Crippen LogP contribution in [0.1, 0.15) is 10.4 Å². The van der Waals surface area contributed by atoms with Crippen molar-refractivity contribution < 1.29 is 9.18 Å². The number of piperazine rings is 1. The minimum Gasteiger partial charge on any atom is -0.345 e. The highest BCUT2D eigenvalue weighted by atomic mass is 32.1. The highest BCUT2D eigenvalue weighted by molar-refractivity contribution is 7.22. The minimum atomic E-state index is -0.327. The fourth-order valence-electron chi connectivity index (χ4n) is 2.87. The number of benzene rings is 2. The zero-order valence-corrected chi connectivity index (χ0v) is 13.8. The molecule has 122 valence electrons. The van der Waals surface area contributed by atoms with Crippen molar-refractivity contribution in [1.82, 2.24) is 9.88 Å². The first-order valence-electron chi connectivity index (χ1n) is 7.86. The van der Waals surface area contributed by atoms with E-state index < -0.39 is 0 Å². The molecule has 1 amide bonds. The lowest BCUT2D eigenvalue weighted by Gasteiger charge is -2.34. The van der Waals surface area contributed by atoms with Crippen LogP contribution >= 0.6 is 11.3 Å². The molecule has 1 aliphatic rings. The standard InChI is InChI=1S/C18H16FN3OS/c19-14-7-5-13(6-8-14)17(23)21-9-11-22(12-10-21)18-20-15-3-1-2-4-16(15)24-18/h1-8H,9-12H2. The molecule has 2 aromatic carbocycles. The highest BCUT2D eigenvalue weighted by Gasteiger charge is 2.23. The second-order valence-electron chi connectivity index (χ2n) is 5.75. The quantitative estimate of drug-likeness (QED) is 0.717. The number of carbonyl (C=O) groups excluding carboxylic acids is 1. The zero-order valence-electron chi connectivity index (χ0n) is 13.0. The summed E-state index contributed by atoms with van der Waals surface area (Å²) in [7, 11) is 0. The average molecular weight is 341 g/mol. The molecule has 0 spiro atoms. The molecular weight excluding hydrogens is 325 g/mol. The smallest absolute Gasteiger partial charge is 0.253 e. The Morgan fingerprint density at radius 2 is 1.71 bits per heavy atom. The number of thiazole rings is 1. The van der Waals surface area contributed by atoms with E-state index in [1.165, 1.54) is 29.0 Å². The van der Waals surface area contributed by atoms with Crippen LogP contribution in [0.2, 0.25) is 0 Å². The van der Waals surface area contributed by atoms with Gasteiger partial charge in [-0.15, -0.1) is 0 Å². The molecule has 4 rings (SSSR count). The van der Waals surface area contributed by atoms with Crippen molar-refractivity contribution in [1.29, 1.82) is 0 Å². The lowest BCUT2D eigenvalue weighted by molar-refractivity contribution is 0.0746. The summed E-state index contributed by atoms with van der Waals surface area (Å²) in [6.45, 7) is 2.80. The molecule has 1 saturated heterocycles. The number of aromatic nitrogens is 1. The molecule has 1 fully saturated rings. The first-order valence-corrected chi connectivity index (χ1v) is 8.68. The molecule has 1 aliphatic heterocycles. The molecule has 1 aromatic heterocycles. The van der Waals surface area contributed by atoms with Crippen molar-refractivity contribution in [2.75, 3.05) is 31.1 Å². The van der Waals surface area contributed by atoms with Gasteiger partial charge < -0.3 is 9.80 Å². The lowest BCUT2D eigenvalue weighted by atomic mass is 10.2. The van der Waals surface area contributed by atoms with Crippen molar-refractivity contribution in [2.24, 2.45) is 0 Å². The molecule has 2 heterocycles. The molecule has 0 N–H and O–H groups in total. The van der Waals surface area contributed by atoms with E-state index in [-0.39, 0.29) is 11.7 Å². The normalized spacial score (nSPS) is 15.0. The summed E-state index contributed by atoms with van der Waals surface area (Å²) in [6.07, 6.45) is 0. The van der Waals surface area contributed by atoms with Crippen molar-refractivity contribution in [3.05, 3.63) is 59.9 Å². The number of para-hydroxylation sites is 1. The molecule has 0 aliphatic carbocycles. The van der Waals surface area contributed by atoms with Crippen molar-refractivity contribution in [2.45, 2.75) is 0 Å². The van der Waals surface area contributed by atoms with Crippen molar-refractivity contribution >= 4 is 32.6 Å². The van der Waals surface area contributed by atoms with Gasteiger partial charge in [-0.1, -0.05) is 23.5 Å². The molecule has 0 unspecified atom stereocenters. The van der Waals surface area contributed by atoms with Gasteiger partial charge in [-0.05, 0) is 36.4 Å². The van der Waals surface area contributed by atoms with E-state index in [2.05, 4.69) is 16.0 Å². The topological polar surface area (TPSA) is 36.4 Å². The first-order chi connectivity index (χ1) is 11.7. The van der Waals surface area contributed by atoms with Crippen LogP contribution in [-0.2, 0) is 0 Å². The zero-order chi connectivity index (χ0) is 16.5.